The predicted octanol–water partition coefficient (Wildman–Crippen LogP) is 3.45. The summed E-state index contributed by atoms with van der Waals surface area (Å²) < 4.78 is 5.43. The fourth-order valence-corrected chi connectivity index (χ4v) is 2.49. The van der Waals surface area contributed by atoms with Gasteiger partial charge in [0.2, 0.25) is 5.89 Å². The molecule has 0 radical (unpaired) electrons. The maximum absolute atomic E-state index is 5.87. The molecule has 0 saturated heterocycles. The number of aryl methyl sites for hydroxylation is 1. The van der Waals surface area contributed by atoms with Crippen molar-refractivity contribution in [3.63, 3.8) is 0 Å². The highest BCUT2D eigenvalue weighted by atomic mass is 16.5. The van der Waals surface area contributed by atoms with Crippen molar-refractivity contribution in [3.8, 4) is 0 Å². The zero-order valence-electron chi connectivity index (χ0n) is 13.4. The van der Waals surface area contributed by atoms with Gasteiger partial charge >= 0.3 is 0 Å². The van der Waals surface area contributed by atoms with E-state index < -0.39 is 0 Å². The summed E-state index contributed by atoms with van der Waals surface area (Å²) in [5.41, 5.74) is 8.53. The van der Waals surface area contributed by atoms with Crippen molar-refractivity contribution in [2.45, 2.75) is 46.5 Å². The molecule has 21 heavy (non-hydrogen) atoms. The molecule has 0 aliphatic carbocycles. The van der Waals surface area contributed by atoms with E-state index in [9.17, 15) is 0 Å². The lowest BCUT2D eigenvalue weighted by molar-refractivity contribution is 0.286. The van der Waals surface area contributed by atoms with Crippen LogP contribution >= 0.6 is 0 Å². The number of benzene rings is 1. The van der Waals surface area contributed by atoms with Crippen molar-refractivity contribution in [1.29, 1.82) is 0 Å². The van der Waals surface area contributed by atoms with Crippen LogP contribution in [0.25, 0.3) is 0 Å². The van der Waals surface area contributed by atoms with Crippen LogP contribution in [0.3, 0.4) is 0 Å². The van der Waals surface area contributed by atoms with Crippen LogP contribution in [0.5, 0.6) is 0 Å². The molecule has 114 valence electrons. The fourth-order valence-electron chi connectivity index (χ4n) is 2.49. The van der Waals surface area contributed by atoms with Gasteiger partial charge in [0.05, 0.1) is 5.92 Å². The predicted molar refractivity (Wildman–Crippen MR) is 84.2 cm³/mol. The van der Waals surface area contributed by atoms with E-state index in [1.54, 1.807) is 0 Å². The Labute approximate surface area is 126 Å². The van der Waals surface area contributed by atoms with Crippen molar-refractivity contribution >= 4 is 0 Å². The maximum atomic E-state index is 5.87. The third-order valence-electron chi connectivity index (χ3n) is 3.59. The smallest absolute Gasteiger partial charge is 0.231 e. The lowest BCUT2D eigenvalue weighted by atomic mass is 9.84. The Kier molecular flexibility index (Phi) is 4.78. The third-order valence-corrected chi connectivity index (χ3v) is 3.59. The Hall–Kier alpha value is -1.68. The normalized spacial score (nSPS) is 13.4. The van der Waals surface area contributed by atoms with Crippen LogP contribution in [0.4, 0.5) is 0 Å². The summed E-state index contributed by atoms with van der Waals surface area (Å²) >= 11 is 0. The second-order valence-electron chi connectivity index (χ2n) is 6.85. The first kappa shape index (κ1) is 15.7. The molecule has 0 spiro atoms. The summed E-state index contributed by atoms with van der Waals surface area (Å²) in [5.74, 6) is 1.52. The van der Waals surface area contributed by atoms with Crippen LogP contribution in [0.2, 0.25) is 0 Å². The highest BCUT2D eigenvalue weighted by Crippen LogP contribution is 2.29. The minimum absolute atomic E-state index is 0.128. The molecule has 2 rings (SSSR count). The van der Waals surface area contributed by atoms with Crippen LogP contribution in [-0.4, -0.2) is 16.7 Å². The molecule has 1 unspecified atom stereocenters. The lowest BCUT2D eigenvalue weighted by Gasteiger charge is -2.22. The van der Waals surface area contributed by atoms with Crippen LogP contribution in [-0.2, 0) is 6.42 Å². The van der Waals surface area contributed by atoms with Crippen LogP contribution in [0.1, 0.15) is 56.0 Å². The van der Waals surface area contributed by atoms with Crippen LogP contribution in [0, 0.1) is 12.3 Å². The minimum atomic E-state index is 0.128. The van der Waals surface area contributed by atoms with E-state index in [2.05, 4.69) is 50.0 Å². The molecular weight excluding hydrogens is 262 g/mol. The van der Waals surface area contributed by atoms with Gasteiger partial charge in [0.1, 0.15) is 0 Å². The molecule has 1 aromatic heterocycles. The van der Waals surface area contributed by atoms with E-state index in [0.29, 0.717) is 18.9 Å². The van der Waals surface area contributed by atoms with E-state index in [1.807, 2.05) is 12.1 Å². The van der Waals surface area contributed by atoms with Gasteiger partial charge in [-0.2, -0.15) is 4.98 Å². The van der Waals surface area contributed by atoms with Crippen molar-refractivity contribution in [1.82, 2.24) is 10.1 Å². The zero-order chi connectivity index (χ0) is 15.5. The Morgan fingerprint density at radius 3 is 2.57 bits per heavy atom. The standard InChI is InChI=1S/C17H25N3O/c1-12-7-5-6-8-13(12)9-15-19-16(21-20-15)14(11-18)10-17(2,3)4/h5-8,14H,9-11,18H2,1-4H3. The number of nitrogens with zero attached hydrogens (tertiary/aromatic N) is 2. The molecule has 0 saturated carbocycles. The van der Waals surface area contributed by atoms with Gasteiger partial charge in [-0.1, -0.05) is 50.2 Å². The Morgan fingerprint density at radius 2 is 1.95 bits per heavy atom. The Bertz CT molecular complexity index is 584. The van der Waals surface area contributed by atoms with Gasteiger partial charge in [-0.25, -0.2) is 0 Å². The number of hydrogen-bond donors (Lipinski definition) is 1. The van der Waals surface area contributed by atoms with E-state index in [4.69, 9.17) is 10.3 Å². The third kappa shape index (κ3) is 4.39. The summed E-state index contributed by atoms with van der Waals surface area (Å²) in [6, 6.07) is 8.26. The molecule has 1 atom stereocenters. The summed E-state index contributed by atoms with van der Waals surface area (Å²) in [5, 5.41) is 4.11. The molecule has 2 aromatic rings. The van der Waals surface area contributed by atoms with Crippen LogP contribution in [0.15, 0.2) is 28.8 Å². The second-order valence-corrected chi connectivity index (χ2v) is 6.85. The molecule has 0 bridgehead atoms. The van der Waals surface area contributed by atoms with E-state index in [1.165, 1.54) is 11.1 Å². The highest BCUT2D eigenvalue weighted by Gasteiger charge is 2.24. The van der Waals surface area contributed by atoms with Crippen molar-refractivity contribution < 1.29 is 4.52 Å². The largest absolute Gasteiger partial charge is 0.339 e. The topological polar surface area (TPSA) is 64.9 Å². The zero-order valence-corrected chi connectivity index (χ0v) is 13.4. The number of nitrogens with two attached hydrogens (primary N) is 1. The second kappa shape index (κ2) is 6.39. The highest BCUT2D eigenvalue weighted by molar-refractivity contribution is 5.28. The molecule has 1 heterocycles. The minimum Gasteiger partial charge on any atom is -0.339 e. The summed E-state index contributed by atoms with van der Waals surface area (Å²) in [6.07, 6.45) is 1.64. The molecule has 2 N–H and O–H groups in total. The number of hydrogen-bond acceptors (Lipinski definition) is 4. The molecule has 1 aromatic carbocycles. The van der Waals surface area contributed by atoms with E-state index in [-0.39, 0.29) is 11.3 Å². The molecule has 0 amide bonds. The molecule has 0 fully saturated rings. The molecule has 0 aliphatic rings. The fraction of sp³-hybridized carbons (Fsp3) is 0.529. The first-order valence-corrected chi connectivity index (χ1v) is 7.46. The lowest BCUT2D eigenvalue weighted by Crippen LogP contribution is -2.19. The molecule has 4 nitrogen and oxygen atoms in total. The van der Waals surface area contributed by atoms with Gasteiger partial charge in [-0.15, -0.1) is 0 Å². The van der Waals surface area contributed by atoms with Gasteiger partial charge < -0.3 is 10.3 Å². The Balaban J connectivity index is 2.12. The van der Waals surface area contributed by atoms with E-state index >= 15 is 0 Å². The maximum Gasteiger partial charge on any atom is 0.231 e. The number of rotatable bonds is 5. The van der Waals surface area contributed by atoms with Gasteiger partial charge in [-0.05, 0) is 29.9 Å². The first-order chi connectivity index (χ1) is 9.89. The first-order valence-electron chi connectivity index (χ1n) is 7.46. The molecule has 0 aliphatic heterocycles. The average molecular weight is 287 g/mol. The van der Waals surface area contributed by atoms with Gasteiger partial charge in [0.25, 0.3) is 0 Å². The van der Waals surface area contributed by atoms with E-state index in [0.717, 1.165) is 12.2 Å². The SMILES string of the molecule is Cc1ccccc1Cc1noc(C(CN)CC(C)(C)C)n1. The van der Waals surface area contributed by atoms with Gasteiger partial charge in [0.15, 0.2) is 5.82 Å². The summed E-state index contributed by atoms with van der Waals surface area (Å²) in [4.78, 5) is 4.54. The van der Waals surface area contributed by atoms with Crippen LogP contribution < -0.4 is 5.73 Å². The monoisotopic (exact) mass is 287 g/mol. The van der Waals surface area contributed by atoms with Gasteiger partial charge in [0, 0.05) is 13.0 Å². The quantitative estimate of drug-likeness (QED) is 0.914. The van der Waals surface area contributed by atoms with Crippen molar-refractivity contribution in [2.24, 2.45) is 11.1 Å². The average Bonchev–Trinajstić information content (AvgIpc) is 2.86. The molecule has 4 heteroatoms. The summed E-state index contributed by atoms with van der Waals surface area (Å²) in [7, 11) is 0. The Morgan fingerprint density at radius 1 is 1.24 bits per heavy atom. The van der Waals surface area contributed by atoms with Crippen molar-refractivity contribution in [2.75, 3.05) is 6.54 Å². The van der Waals surface area contributed by atoms with Gasteiger partial charge in [-0.3, -0.25) is 0 Å². The molecular formula is C17H25N3O. The summed E-state index contributed by atoms with van der Waals surface area (Å²) in [6.45, 7) is 9.21. The number of aromatic nitrogens is 2. The van der Waals surface area contributed by atoms with Crippen molar-refractivity contribution in [3.05, 3.63) is 47.1 Å².